The summed E-state index contributed by atoms with van der Waals surface area (Å²) >= 11 is 0. The largest absolute Gasteiger partial charge is 0.390 e. The van der Waals surface area contributed by atoms with Crippen LogP contribution in [0, 0.1) is 0 Å². The Morgan fingerprint density at radius 3 is 2.39 bits per heavy atom. The molecule has 0 aromatic rings. The second kappa shape index (κ2) is 6.85. The molecule has 3 nitrogen and oxygen atoms in total. The highest BCUT2D eigenvalue weighted by molar-refractivity contribution is 5.74. The van der Waals surface area contributed by atoms with Gasteiger partial charge in [0.1, 0.15) is 0 Å². The number of hydrogen-bond donors (Lipinski definition) is 1. The molecule has 0 aromatic carbocycles. The van der Waals surface area contributed by atoms with Gasteiger partial charge in [-0.2, -0.15) is 13.2 Å². The number of hydrogen-bond acceptors (Lipinski definition) is 1. The molecular weight excluding hydrogens is 245 g/mol. The van der Waals surface area contributed by atoms with Gasteiger partial charge in [0.15, 0.2) is 0 Å². The highest BCUT2D eigenvalue weighted by Gasteiger charge is 2.32. The molecule has 1 fully saturated rings. The number of urea groups is 1. The van der Waals surface area contributed by atoms with Gasteiger partial charge in [-0.25, -0.2) is 4.79 Å². The van der Waals surface area contributed by atoms with E-state index in [4.69, 9.17) is 0 Å². The minimum atomic E-state index is -4.21. The predicted molar refractivity (Wildman–Crippen MR) is 63.3 cm³/mol. The fraction of sp³-hybridized carbons (Fsp3) is 0.917. The Kier molecular flexibility index (Phi) is 5.75. The molecule has 0 saturated heterocycles. The summed E-state index contributed by atoms with van der Waals surface area (Å²) in [4.78, 5) is 13.2. The standard InChI is InChI=1S/C12H21F3N2O/c1-2-16-11(18)17(9-8-12(13,14)15)10-6-4-3-5-7-10/h10H,2-9H2,1H3,(H,16,18). The molecule has 0 radical (unpaired) electrons. The highest BCUT2D eigenvalue weighted by atomic mass is 19.4. The van der Waals surface area contributed by atoms with E-state index in [-0.39, 0.29) is 18.6 Å². The van der Waals surface area contributed by atoms with Crippen LogP contribution in [0.3, 0.4) is 0 Å². The lowest BCUT2D eigenvalue weighted by Crippen LogP contribution is -2.48. The first-order valence-electron chi connectivity index (χ1n) is 6.55. The predicted octanol–water partition coefficient (Wildman–Crippen LogP) is 3.30. The van der Waals surface area contributed by atoms with Crippen LogP contribution in [0.4, 0.5) is 18.0 Å². The SMILES string of the molecule is CCNC(=O)N(CCC(F)(F)F)C1CCCCC1. The molecule has 6 heteroatoms. The second-order valence-corrected chi connectivity index (χ2v) is 4.69. The summed E-state index contributed by atoms with van der Waals surface area (Å²) in [5.74, 6) is 0. The van der Waals surface area contributed by atoms with E-state index in [2.05, 4.69) is 5.32 Å². The topological polar surface area (TPSA) is 32.3 Å². The van der Waals surface area contributed by atoms with E-state index in [1.165, 1.54) is 4.90 Å². The average molecular weight is 266 g/mol. The first kappa shape index (κ1) is 15.1. The minimum Gasteiger partial charge on any atom is -0.338 e. The van der Waals surface area contributed by atoms with Gasteiger partial charge in [-0.05, 0) is 19.8 Å². The monoisotopic (exact) mass is 266 g/mol. The summed E-state index contributed by atoms with van der Waals surface area (Å²) in [5, 5.41) is 2.60. The Morgan fingerprint density at radius 1 is 1.28 bits per heavy atom. The van der Waals surface area contributed by atoms with Gasteiger partial charge in [-0.1, -0.05) is 19.3 Å². The summed E-state index contributed by atoms with van der Waals surface area (Å²) < 4.78 is 36.8. The lowest BCUT2D eigenvalue weighted by atomic mass is 9.94. The van der Waals surface area contributed by atoms with E-state index in [9.17, 15) is 18.0 Å². The van der Waals surface area contributed by atoms with Crippen LogP contribution in [-0.4, -0.2) is 36.2 Å². The van der Waals surface area contributed by atoms with E-state index >= 15 is 0 Å². The molecule has 0 bridgehead atoms. The van der Waals surface area contributed by atoms with Crippen LogP contribution in [0.2, 0.25) is 0 Å². The first-order chi connectivity index (χ1) is 8.44. The lowest BCUT2D eigenvalue weighted by molar-refractivity contribution is -0.137. The number of carbonyl (C=O) groups excluding carboxylic acids is 1. The minimum absolute atomic E-state index is 0.0346. The molecule has 0 spiro atoms. The molecule has 18 heavy (non-hydrogen) atoms. The second-order valence-electron chi connectivity index (χ2n) is 4.69. The average Bonchev–Trinajstić information content (AvgIpc) is 2.29. The van der Waals surface area contributed by atoms with E-state index in [0.717, 1.165) is 32.1 Å². The summed E-state index contributed by atoms with van der Waals surface area (Å²) in [6, 6.07) is -0.402. The number of carbonyl (C=O) groups is 1. The highest BCUT2D eigenvalue weighted by Crippen LogP contribution is 2.25. The number of nitrogens with one attached hydrogen (secondary N) is 1. The fourth-order valence-electron chi connectivity index (χ4n) is 2.34. The molecule has 1 N–H and O–H groups in total. The van der Waals surface area contributed by atoms with Crippen LogP contribution >= 0.6 is 0 Å². The van der Waals surface area contributed by atoms with Crippen molar-refractivity contribution in [2.75, 3.05) is 13.1 Å². The molecule has 0 aliphatic heterocycles. The summed E-state index contributed by atoms with van der Waals surface area (Å²) in [6.45, 7) is 1.97. The normalized spacial score (nSPS) is 17.6. The van der Waals surface area contributed by atoms with Crippen molar-refractivity contribution >= 4 is 6.03 Å². The van der Waals surface area contributed by atoms with Crippen LogP contribution in [0.5, 0.6) is 0 Å². The van der Waals surface area contributed by atoms with Crippen molar-refractivity contribution in [3.63, 3.8) is 0 Å². The zero-order chi connectivity index (χ0) is 13.6. The zero-order valence-electron chi connectivity index (χ0n) is 10.7. The Labute approximate surface area is 106 Å². The maximum Gasteiger partial charge on any atom is 0.390 e. The molecule has 0 heterocycles. The van der Waals surface area contributed by atoms with Gasteiger partial charge in [0.2, 0.25) is 0 Å². The van der Waals surface area contributed by atoms with Crippen LogP contribution in [-0.2, 0) is 0 Å². The molecule has 1 aliphatic carbocycles. The molecular formula is C12H21F3N2O. The van der Waals surface area contributed by atoms with Crippen molar-refractivity contribution in [2.45, 2.75) is 57.7 Å². The summed E-state index contributed by atoms with van der Waals surface area (Å²) in [5.41, 5.74) is 0. The molecule has 1 saturated carbocycles. The van der Waals surface area contributed by atoms with Crippen LogP contribution in [0.1, 0.15) is 45.4 Å². The Morgan fingerprint density at radius 2 is 1.89 bits per heavy atom. The Balaban J connectivity index is 2.58. The molecule has 0 atom stereocenters. The van der Waals surface area contributed by atoms with Crippen molar-refractivity contribution < 1.29 is 18.0 Å². The number of halogens is 3. The quantitative estimate of drug-likeness (QED) is 0.832. The van der Waals surface area contributed by atoms with Crippen LogP contribution < -0.4 is 5.32 Å². The lowest BCUT2D eigenvalue weighted by Gasteiger charge is -2.34. The fourth-order valence-corrected chi connectivity index (χ4v) is 2.34. The van der Waals surface area contributed by atoms with Gasteiger partial charge in [0.25, 0.3) is 0 Å². The van der Waals surface area contributed by atoms with E-state index in [1.54, 1.807) is 6.92 Å². The van der Waals surface area contributed by atoms with Gasteiger partial charge in [-0.15, -0.1) is 0 Å². The van der Waals surface area contributed by atoms with Gasteiger partial charge >= 0.3 is 12.2 Å². The number of alkyl halides is 3. The van der Waals surface area contributed by atoms with E-state index in [0.29, 0.717) is 6.54 Å². The number of amides is 2. The third kappa shape index (κ3) is 5.14. The third-order valence-electron chi connectivity index (χ3n) is 3.24. The molecule has 106 valence electrons. The van der Waals surface area contributed by atoms with Crippen molar-refractivity contribution in [3.05, 3.63) is 0 Å². The van der Waals surface area contributed by atoms with Crippen LogP contribution in [0.25, 0.3) is 0 Å². The van der Waals surface area contributed by atoms with Crippen LogP contribution in [0.15, 0.2) is 0 Å². The van der Waals surface area contributed by atoms with Crippen molar-refractivity contribution in [1.82, 2.24) is 10.2 Å². The molecule has 1 aliphatic rings. The number of rotatable bonds is 4. The third-order valence-corrected chi connectivity index (χ3v) is 3.24. The van der Waals surface area contributed by atoms with Gasteiger partial charge in [0, 0.05) is 19.1 Å². The van der Waals surface area contributed by atoms with Crippen molar-refractivity contribution in [2.24, 2.45) is 0 Å². The molecule has 2 amide bonds. The maximum absolute atomic E-state index is 12.3. The van der Waals surface area contributed by atoms with E-state index < -0.39 is 12.6 Å². The first-order valence-corrected chi connectivity index (χ1v) is 6.55. The number of nitrogens with zero attached hydrogens (tertiary/aromatic N) is 1. The Hall–Kier alpha value is -0.940. The van der Waals surface area contributed by atoms with Gasteiger partial charge in [-0.3, -0.25) is 0 Å². The smallest absolute Gasteiger partial charge is 0.338 e. The zero-order valence-corrected chi connectivity index (χ0v) is 10.7. The van der Waals surface area contributed by atoms with Gasteiger partial charge in [0.05, 0.1) is 6.42 Å². The molecule has 1 rings (SSSR count). The maximum atomic E-state index is 12.3. The summed E-state index contributed by atoms with van der Waals surface area (Å²) in [7, 11) is 0. The molecule has 0 aromatic heterocycles. The van der Waals surface area contributed by atoms with Gasteiger partial charge < -0.3 is 10.2 Å². The van der Waals surface area contributed by atoms with E-state index in [1.807, 2.05) is 0 Å². The Bertz CT molecular complexity index is 263. The molecule has 0 unspecified atom stereocenters. The van der Waals surface area contributed by atoms with Crippen molar-refractivity contribution in [3.8, 4) is 0 Å². The van der Waals surface area contributed by atoms with Crippen molar-refractivity contribution in [1.29, 1.82) is 0 Å². The summed E-state index contributed by atoms with van der Waals surface area (Å²) in [6.07, 6.45) is -0.414.